The molecule has 0 aromatic carbocycles. The fourth-order valence-electron chi connectivity index (χ4n) is 2.13. The van der Waals surface area contributed by atoms with Crippen LogP contribution >= 0.6 is 0 Å². The average molecular weight is 286 g/mol. The van der Waals surface area contributed by atoms with Crippen LogP contribution in [0.5, 0.6) is 0 Å². The Labute approximate surface area is 120 Å². The van der Waals surface area contributed by atoms with Gasteiger partial charge >= 0.3 is 12.0 Å². The van der Waals surface area contributed by atoms with E-state index in [1.807, 2.05) is 20.8 Å². The maximum absolute atomic E-state index is 11.9. The van der Waals surface area contributed by atoms with E-state index in [1.54, 1.807) is 0 Å². The molecule has 0 radical (unpaired) electrons. The zero-order chi connectivity index (χ0) is 15.2. The van der Waals surface area contributed by atoms with Crippen molar-refractivity contribution >= 4 is 12.0 Å². The molecule has 0 spiro atoms. The second-order valence-electron chi connectivity index (χ2n) is 6.36. The van der Waals surface area contributed by atoms with E-state index in [1.165, 1.54) is 0 Å². The minimum atomic E-state index is -0.916. The number of carbonyl (C=O) groups excluding carboxylic acids is 1. The number of urea groups is 1. The normalized spacial score (nSPS) is 21.1. The number of hydrogen-bond donors (Lipinski definition) is 3. The van der Waals surface area contributed by atoms with E-state index in [0.29, 0.717) is 6.54 Å². The van der Waals surface area contributed by atoms with E-state index >= 15 is 0 Å². The maximum Gasteiger partial charge on any atom is 0.315 e. The number of nitrogens with one attached hydrogen (secondary N) is 2. The molecule has 1 aliphatic rings. The molecule has 1 saturated heterocycles. The summed E-state index contributed by atoms with van der Waals surface area (Å²) in [7, 11) is 0. The zero-order valence-corrected chi connectivity index (χ0v) is 12.6. The van der Waals surface area contributed by atoms with Gasteiger partial charge in [-0.2, -0.15) is 0 Å². The van der Waals surface area contributed by atoms with E-state index in [0.717, 1.165) is 25.9 Å². The lowest BCUT2D eigenvalue weighted by molar-refractivity contribution is -0.138. The number of carboxylic acids is 1. The first-order valence-electron chi connectivity index (χ1n) is 7.17. The maximum atomic E-state index is 11.9. The summed E-state index contributed by atoms with van der Waals surface area (Å²) in [6.45, 7) is 6.94. The average Bonchev–Trinajstić information content (AvgIpc) is 2.35. The van der Waals surface area contributed by atoms with Crippen molar-refractivity contribution in [2.45, 2.75) is 58.6 Å². The van der Waals surface area contributed by atoms with Crippen LogP contribution in [0.4, 0.5) is 4.79 Å². The van der Waals surface area contributed by atoms with Crippen molar-refractivity contribution in [3.05, 3.63) is 0 Å². The Kier molecular flexibility index (Phi) is 6.26. The summed E-state index contributed by atoms with van der Waals surface area (Å²) in [5.74, 6) is -0.916. The van der Waals surface area contributed by atoms with Crippen molar-refractivity contribution in [2.24, 2.45) is 5.41 Å². The molecule has 1 rings (SSSR count). The van der Waals surface area contributed by atoms with Crippen molar-refractivity contribution in [1.82, 2.24) is 10.6 Å². The largest absolute Gasteiger partial charge is 0.481 e. The van der Waals surface area contributed by atoms with Gasteiger partial charge in [-0.3, -0.25) is 4.79 Å². The third-order valence-corrected chi connectivity index (χ3v) is 3.49. The summed E-state index contributed by atoms with van der Waals surface area (Å²) >= 11 is 0. The summed E-state index contributed by atoms with van der Waals surface area (Å²) < 4.78 is 5.53. The third kappa shape index (κ3) is 6.23. The number of carboxylic acid groups (broad SMARTS) is 1. The predicted molar refractivity (Wildman–Crippen MR) is 75.6 cm³/mol. The summed E-state index contributed by atoms with van der Waals surface area (Å²) in [4.78, 5) is 22.7. The van der Waals surface area contributed by atoms with Crippen molar-refractivity contribution in [3.8, 4) is 0 Å². The van der Waals surface area contributed by atoms with Crippen LogP contribution in [-0.2, 0) is 9.53 Å². The molecule has 0 bridgehead atoms. The van der Waals surface area contributed by atoms with Gasteiger partial charge in [0, 0.05) is 19.2 Å². The van der Waals surface area contributed by atoms with Gasteiger partial charge in [-0.05, 0) is 24.7 Å². The van der Waals surface area contributed by atoms with E-state index < -0.39 is 12.0 Å². The van der Waals surface area contributed by atoms with E-state index in [4.69, 9.17) is 9.84 Å². The monoisotopic (exact) mass is 286 g/mol. The van der Waals surface area contributed by atoms with Gasteiger partial charge in [0.2, 0.25) is 0 Å². The standard InChI is InChI=1S/C14H26N2O4/c1-14(2,3)11(8-12(17)18)16-13(19)15-9-10-6-4-5-7-20-10/h10-11H,4-9H2,1-3H3,(H,17,18)(H2,15,16,19). The molecule has 2 unspecified atom stereocenters. The molecule has 6 heteroatoms. The van der Waals surface area contributed by atoms with Gasteiger partial charge in [0.15, 0.2) is 0 Å². The molecule has 2 amide bonds. The fraction of sp³-hybridized carbons (Fsp3) is 0.857. The van der Waals surface area contributed by atoms with Crippen LogP contribution in [0.15, 0.2) is 0 Å². The van der Waals surface area contributed by atoms with Crippen LogP contribution in [0, 0.1) is 5.41 Å². The first-order valence-corrected chi connectivity index (χ1v) is 7.17. The molecule has 3 N–H and O–H groups in total. The Morgan fingerprint density at radius 3 is 2.55 bits per heavy atom. The summed E-state index contributed by atoms with van der Waals surface area (Å²) in [5.41, 5.74) is -0.308. The molecule has 0 aliphatic carbocycles. The molecule has 0 aromatic heterocycles. The fourth-order valence-corrected chi connectivity index (χ4v) is 2.13. The van der Waals surface area contributed by atoms with Crippen molar-refractivity contribution in [1.29, 1.82) is 0 Å². The number of hydrogen-bond acceptors (Lipinski definition) is 3. The summed E-state index contributed by atoms with van der Waals surface area (Å²) in [6.07, 6.45) is 3.14. The number of carbonyl (C=O) groups is 2. The van der Waals surface area contributed by atoms with Crippen LogP contribution in [-0.4, -0.2) is 42.4 Å². The Balaban J connectivity index is 2.39. The van der Waals surface area contributed by atoms with Gasteiger partial charge in [0.1, 0.15) is 0 Å². The Bertz CT molecular complexity index is 333. The van der Waals surface area contributed by atoms with Gasteiger partial charge < -0.3 is 20.5 Å². The van der Waals surface area contributed by atoms with E-state index in [9.17, 15) is 9.59 Å². The minimum absolute atomic E-state index is 0.0714. The van der Waals surface area contributed by atoms with Gasteiger partial charge in [0.25, 0.3) is 0 Å². The Hall–Kier alpha value is -1.30. The smallest absolute Gasteiger partial charge is 0.315 e. The lowest BCUT2D eigenvalue weighted by Gasteiger charge is -2.30. The molecular formula is C14H26N2O4. The van der Waals surface area contributed by atoms with Crippen LogP contribution in [0.2, 0.25) is 0 Å². The van der Waals surface area contributed by atoms with Gasteiger partial charge in [-0.15, -0.1) is 0 Å². The molecule has 0 aromatic rings. The number of rotatable bonds is 5. The molecule has 20 heavy (non-hydrogen) atoms. The first-order chi connectivity index (χ1) is 9.29. The highest BCUT2D eigenvalue weighted by Gasteiger charge is 2.28. The molecule has 6 nitrogen and oxygen atoms in total. The molecular weight excluding hydrogens is 260 g/mol. The molecule has 1 aliphatic heterocycles. The topological polar surface area (TPSA) is 87.7 Å². The second kappa shape index (κ2) is 7.47. The van der Waals surface area contributed by atoms with Crippen molar-refractivity contribution < 1.29 is 19.4 Å². The predicted octanol–water partition coefficient (Wildman–Crippen LogP) is 1.74. The number of ether oxygens (including phenoxy) is 1. The number of aliphatic carboxylic acids is 1. The second-order valence-corrected chi connectivity index (χ2v) is 6.36. The highest BCUT2D eigenvalue weighted by molar-refractivity contribution is 5.75. The molecule has 1 heterocycles. The van der Waals surface area contributed by atoms with E-state index in [-0.39, 0.29) is 24.0 Å². The molecule has 2 atom stereocenters. The molecule has 116 valence electrons. The van der Waals surface area contributed by atoms with Crippen LogP contribution in [0.1, 0.15) is 46.5 Å². The quantitative estimate of drug-likeness (QED) is 0.718. The van der Waals surface area contributed by atoms with Crippen LogP contribution in [0.3, 0.4) is 0 Å². The number of amides is 2. The van der Waals surface area contributed by atoms with Crippen molar-refractivity contribution in [2.75, 3.05) is 13.2 Å². The summed E-state index contributed by atoms with van der Waals surface area (Å²) in [5, 5.41) is 14.4. The van der Waals surface area contributed by atoms with E-state index in [2.05, 4.69) is 10.6 Å². The van der Waals surface area contributed by atoms with Gasteiger partial charge in [-0.1, -0.05) is 20.8 Å². The first kappa shape index (κ1) is 16.8. The van der Waals surface area contributed by atoms with Crippen molar-refractivity contribution in [3.63, 3.8) is 0 Å². The lowest BCUT2D eigenvalue weighted by Crippen LogP contribution is -2.50. The van der Waals surface area contributed by atoms with Gasteiger partial charge in [-0.25, -0.2) is 4.79 Å². The molecule has 0 saturated carbocycles. The summed E-state index contributed by atoms with van der Waals surface area (Å²) in [6, 6.07) is -0.743. The highest BCUT2D eigenvalue weighted by Crippen LogP contribution is 2.21. The van der Waals surface area contributed by atoms with Gasteiger partial charge in [0.05, 0.1) is 12.5 Å². The Morgan fingerprint density at radius 2 is 2.05 bits per heavy atom. The highest BCUT2D eigenvalue weighted by atomic mass is 16.5. The lowest BCUT2D eigenvalue weighted by atomic mass is 9.85. The zero-order valence-electron chi connectivity index (χ0n) is 12.6. The van der Waals surface area contributed by atoms with Crippen LogP contribution in [0.25, 0.3) is 0 Å². The Morgan fingerprint density at radius 1 is 1.35 bits per heavy atom. The minimum Gasteiger partial charge on any atom is -0.481 e. The third-order valence-electron chi connectivity index (χ3n) is 3.49. The molecule has 1 fully saturated rings. The SMILES string of the molecule is CC(C)(C)C(CC(=O)O)NC(=O)NCC1CCCCO1. The van der Waals surface area contributed by atoms with Crippen LogP contribution < -0.4 is 10.6 Å².